The van der Waals surface area contributed by atoms with Crippen molar-refractivity contribution in [3.63, 3.8) is 0 Å². The average molecular weight is 547 g/mol. The molecule has 3 rings (SSSR count). The van der Waals surface area contributed by atoms with Crippen molar-refractivity contribution < 1.29 is 22.9 Å². The SMILES string of the molecule is CC(C)c1ccc(NC(=O)N(C)C)cc1.Nc1c([N+](=O)[O-])cnn1-c1c(Cl)cc(C(F)(F)F)cc1Cl. The number of urea groups is 1. The normalized spacial score (nSPS) is 11.1. The molecule has 0 aliphatic heterocycles. The van der Waals surface area contributed by atoms with Gasteiger partial charge in [-0.3, -0.25) is 10.1 Å². The van der Waals surface area contributed by atoms with E-state index in [1.165, 1.54) is 10.5 Å². The third kappa shape index (κ3) is 7.01. The van der Waals surface area contributed by atoms with Crippen molar-refractivity contribution in [3.8, 4) is 5.69 Å². The molecule has 0 aliphatic rings. The van der Waals surface area contributed by atoms with Gasteiger partial charge in [0.2, 0.25) is 5.82 Å². The van der Waals surface area contributed by atoms with Gasteiger partial charge in [0.05, 0.1) is 20.5 Å². The lowest BCUT2D eigenvalue weighted by Crippen LogP contribution is -2.27. The van der Waals surface area contributed by atoms with Crippen molar-refractivity contribution in [2.45, 2.75) is 25.9 Å². The van der Waals surface area contributed by atoms with Crippen LogP contribution in [0.15, 0.2) is 42.6 Å². The van der Waals surface area contributed by atoms with Gasteiger partial charge in [0.25, 0.3) is 0 Å². The molecule has 0 bridgehead atoms. The number of aromatic nitrogens is 2. The lowest BCUT2D eigenvalue weighted by Gasteiger charge is -2.12. The number of nitrogens with two attached hydrogens (primary N) is 1. The van der Waals surface area contributed by atoms with Crippen LogP contribution in [0.3, 0.4) is 0 Å². The summed E-state index contributed by atoms with van der Waals surface area (Å²) < 4.78 is 38.7. The van der Waals surface area contributed by atoms with Gasteiger partial charge in [-0.2, -0.15) is 18.3 Å². The Bertz CT molecular complexity index is 1220. The molecule has 0 saturated heterocycles. The molecule has 2 amide bonds. The summed E-state index contributed by atoms with van der Waals surface area (Å²) in [5, 5.41) is 16.3. The molecule has 14 heteroatoms. The summed E-state index contributed by atoms with van der Waals surface area (Å²) in [6.07, 6.45) is -3.78. The van der Waals surface area contributed by atoms with Crippen LogP contribution in [0.4, 0.5) is 35.2 Å². The predicted octanol–water partition coefficient (Wildman–Crippen LogP) is 6.59. The first-order chi connectivity index (χ1) is 16.6. The number of nitro groups is 1. The molecular formula is C22H23Cl2F3N6O3. The van der Waals surface area contributed by atoms with Gasteiger partial charge in [-0.15, -0.1) is 0 Å². The molecule has 1 heterocycles. The summed E-state index contributed by atoms with van der Waals surface area (Å²) in [5.41, 5.74) is 5.89. The van der Waals surface area contributed by atoms with E-state index in [1.807, 2.05) is 24.3 Å². The van der Waals surface area contributed by atoms with Crippen LogP contribution in [0.1, 0.15) is 30.9 Å². The number of hydrogen-bond acceptors (Lipinski definition) is 5. The summed E-state index contributed by atoms with van der Waals surface area (Å²) in [7, 11) is 3.44. The van der Waals surface area contributed by atoms with Crippen molar-refractivity contribution in [2.24, 2.45) is 0 Å². The maximum Gasteiger partial charge on any atom is 0.416 e. The van der Waals surface area contributed by atoms with E-state index in [-0.39, 0.29) is 21.8 Å². The van der Waals surface area contributed by atoms with E-state index in [2.05, 4.69) is 24.3 Å². The molecule has 0 spiro atoms. The quantitative estimate of drug-likeness (QED) is 0.282. The zero-order chi connectivity index (χ0) is 27.4. The standard InChI is InChI=1S/C12H18N2O.C10H5Cl2F3N4O2/c1-9(2)10-5-7-11(8-6-10)13-12(15)14(3)4;11-5-1-4(10(13,14)15)2-6(12)8(5)18-9(16)7(3-17-18)19(20)21/h5-9H,1-4H3,(H,13,15);1-3H,16H2. The Labute approximate surface area is 214 Å². The third-order valence-corrected chi connectivity index (χ3v) is 5.35. The Balaban J connectivity index is 0.000000269. The smallest absolute Gasteiger partial charge is 0.378 e. The number of carbonyl (C=O) groups excluding carboxylic acids is 1. The molecule has 0 fully saturated rings. The summed E-state index contributed by atoms with van der Waals surface area (Å²) in [5.74, 6) is 0.118. The highest BCUT2D eigenvalue weighted by Crippen LogP contribution is 2.38. The zero-order valence-corrected chi connectivity index (χ0v) is 21.1. The van der Waals surface area contributed by atoms with Gasteiger partial charge < -0.3 is 16.0 Å². The van der Waals surface area contributed by atoms with Gasteiger partial charge >= 0.3 is 17.9 Å². The summed E-state index contributed by atoms with van der Waals surface area (Å²) >= 11 is 11.5. The minimum Gasteiger partial charge on any atom is -0.378 e. The van der Waals surface area contributed by atoms with Crippen molar-refractivity contribution in [3.05, 3.63) is 73.9 Å². The molecule has 194 valence electrons. The van der Waals surface area contributed by atoms with Crippen molar-refractivity contribution in [1.29, 1.82) is 0 Å². The van der Waals surface area contributed by atoms with Crippen molar-refractivity contribution >= 4 is 46.4 Å². The Hall–Kier alpha value is -3.51. The number of alkyl halides is 3. The number of rotatable bonds is 4. The molecule has 0 atom stereocenters. The van der Waals surface area contributed by atoms with E-state index in [4.69, 9.17) is 28.9 Å². The molecule has 9 nitrogen and oxygen atoms in total. The fourth-order valence-corrected chi connectivity index (χ4v) is 3.43. The number of anilines is 2. The minimum absolute atomic E-state index is 0.104. The summed E-state index contributed by atoms with van der Waals surface area (Å²) in [6, 6.07) is 9.09. The Morgan fingerprint density at radius 1 is 1.17 bits per heavy atom. The van der Waals surface area contributed by atoms with Crippen LogP contribution < -0.4 is 11.1 Å². The van der Waals surface area contributed by atoms with Crippen LogP contribution in [0.2, 0.25) is 10.0 Å². The highest BCUT2D eigenvalue weighted by molar-refractivity contribution is 6.38. The number of hydrogen-bond donors (Lipinski definition) is 2. The van der Waals surface area contributed by atoms with Gasteiger partial charge in [-0.1, -0.05) is 49.2 Å². The average Bonchev–Trinajstić information content (AvgIpc) is 3.14. The molecular weight excluding hydrogens is 524 g/mol. The molecule has 36 heavy (non-hydrogen) atoms. The highest BCUT2D eigenvalue weighted by Gasteiger charge is 2.33. The van der Waals surface area contributed by atoms with E-state index in [0.717, 1.165) is 16.6 Å². The van der Waals surface area contributed by atoms with Crippen LogP contribution in [0.25, 0.3) is 5.69 Å². The first-order valence-electron chi connectivity index (χ1n) is 10.3. The zero-order valence-electron chi connectivity index (χ0n) is 19.6. The Morgan fingerprint density at radius 2 is 1.69 bits per heavy atom. The monoisotopic (exact) mass is 546 g/mol. The first-order valence-corrected chi connectivity index (χ1v) is 11.0. The van der Waals surface area contributed by atoms with E-state index in [1.54, 1.807) is 14.1 Å². The molecule has 2 aromatic carbocycles. The van der Waals surface area contributed by atoms with Gasteiger partial charge in [0, 0.05) is 19.8 Å². The lowest BCUT2D eigenvalue weighted by atomic mass is 10.0. The molecule has 0 saturated carbocycles. The number of carbonyl (C=O) groups is 1. The number of halogens is 5. The van der Waals surface area contributed by atoms with Crippen molar-refractivity contribution in [2.75, 3.05) is 25.1 Å². The number of benzene rings is 2. The van der Waals surface area contributed by atoms with Gasteiger partial charge in [0.1, 0.15) is 11.9 Å². The summed E-state index contributed by atoms with van der Waals surface area (Å²) in [6.45, 7) is 4.29. The number of nitrogens with zero attached hydrogens (tertiary/aromatic N) is 4. The van der Waals surface area contributed by atoms with Gasteiger partial charge in [0.15, 0.2) is 0 Å². The number of nitrogens with one attached hydrogen (secondary N) is 1. The fourth-order valence-electron chi connectivity index (χ4n) is 2.79. The largest absolute Gasteiger partial charge is 0.416 e. The van der Waals surface area contributed by atoms with Crippen molar-refractivity contribution in [1.82, 2.24) is 14.7 Å². The molecule has 3 N–H and O–H groups in total. The summed E-state index contributed by atoms with van der Waals surface area (Å²) in [4.78, 5) is 22.7. The van der Waals surface area contributed by atoms with Crippen LogP contribution in [0.5, 0.6) is 0 Å². The Morgan fingerprint density at radius 3 is 2.08 bits per heavy atom. The van der Waals surface area contributed by atoms with Crippen LogP contribution in [-0.4, -0.2) is 39.7 Å². The topological polar surface area (TPSA) is 119 Å². The minimum atomic E-state index is -4.63. The molecule has 0 unspecified atom stereocenters. The first kappa shape index (κ1) is 28.7. The molecule has 3 aromatic rings. The highest BCUT2D eigenvalue weighted by atomic mass is 35.5. The molecule has 1 aromatic heterocycles. The third-order valence-electron chi connectivity index (χ3n) is 4.77. The van der Waals surface area contributed by atoms with Gasteiger partial charge in [-0.05, 0) is 35.7 Å². The second-order valence-corrected chi connectivity index (χ2v) is 8.79. The van der Waals surface area contributed by atoms with Crippen LogP contribution >= 0.6 is 23.2 Å². The van der Waals surface area contributed by atoms with E-state index >= 15 is 0 Å². The number of nitrogen functional groups attached to an aromatic ring is 1. The van der Waals surface area contributed by atoms with E-state index in [9.17, 15) is 28.1 Å². The lowest BCUT2D eigenvalue weighted by molar-refractivity contribution is -0.383. The number of amides is 2. The fraction of sp³-hybridized carbons (Fsp3) is 0.273. The van der Waals surface area contributed by atoms with Crippen LogP contribution in [0, 0.1) is 10.1 Å². The predicted molar refractivity (Wildman–Crippen MR) is 133 cm³/mol. The second kappa shape index (κ2) is 11.5. The maximum absolute atomic E-state index is 12.6. The van der Waals surface area contributed by atoms with Crippen LogP contribution in [-0.2, 0) is 6.18 Å². The van der Waals surface area contributed by atoms with E-state index in [0.29, 0.717) is 18.1 Å². The maximum atomic E-state index is 12.6. The van der Waals surface area contributed by atoms with E-state index < -0.39 is 28.2 Å². The second-order valence-electron chi connectivity index (χ2n) is 7.97. The molecule has 0 radical (unpaired) electrons. The van der Waals surface area contributed by atoms with Gasteiger partial charge in [-0.25, -0.2) is 9.48 Å². The Kier molecular flexibility index (Phi) is 9.16. The molecule has 0 aliphatic carbocycles.